The van der Waals surface area contributed by atoms with Gasteiger partial charge in [-0.15, -0.1) is 10.2 Å². The predicted octanol–water partition coefficient (Wildman–Crippen LogP) is 2.71. The zero-order valence-corrected chi connectivity index (χ0v) is 14.8. The van der Waals surface area contributed by atoms with Crippen molar-refractivity contribution in [2.24, 2.45) is 0 Å². The summed E-state index contributed by atoms with van der Waals surface area (Å²) in [6.07, 6.45) is 2.52. The fourth-order valence-electron chi connectivity index (χ4n) is 2.77. The lowest BCUT2D eigenvalue weighted by molar-refractivity contribution is 0.0285. The van der Waals surface area contributed by atoms with Gasteiger partial charge in [0, 0.05) is 19.3 Å². The standard InChI is InChI=1S/C17H22N4O2S/c1-12-5-7-13(8-6-12)18-16(22)17-20-19-15(24-17)11-21-9-3-4-14(10-21)23-2/h5-8,14H,3-4,9-11H2,1-2H3,(H,18,22)/t14-/m0/s1. The normalized spacial score (nSPS) is 18.5. The number of aromatic nitrogens is 2. The quantitative estimate of drug-likeness (QED) is 0.902. The number of ether oxygens (including phenoxy) is 1. The average molecular weight is 346 g/mol. The fraction of sp³-hybridized carbons (Fsp3) is 0.471. The summed E-state index contributed by atoms with van der Waals surface area (Å²) >= 11 is 1.35. The van der Waals surface area contributed by atoms with E-state index in [1.54, 1.807) is 7.11 Å². The number of hydrogen-bond acceptors (Lipinski definition) is 6. The average Bonchev–Trinajstić information content (AvgIpc) is 3.06. The van der Waals surface area contributed by atoms with E-state index in [4.69, 9.17) is 4.74 Å². The highest BCUT2D eigenvalue weighted by Crippen LogP contribution is 2.19. The van der Waals surface area contributed by atoms with Gasteiger partial charge in [0.05, 0.1) is 12.6 Å². The summed E-state index contributed by atoms with van der Waals surface area (Å²) < 4.78 is 5.44. The lowest BCUT2D eigenvalue weighted by Gasteiger charge is -2.30. The van der Waals surface area contributed by atoms with Crippen LogP contribution in [-0.2, 0) is 11.3 Å². The van der Waals surface area contributed by atoms with Crippen molar-refractivity contribution in [2.75, 3.05) is 25.5 Å². The number of hydrogen-bond donors (Lipinski definition) is 1. The Morgan fingerprint density at radius 3 is 2.92 bits per heavy atom. The van der Waals surface area contributed by atoms with Crippen molar-refractivity contribution in [2.45, 2.75) is 32.4 Å². The van der Waals surface area contributed by atoms with Gasteiger partial charge in [-0.1, -0.05) is 29.0 Å². The van der Waals surface area contributed by atoms with Gasteiger partial charge in [-0.25, -0.2) is 0 Å². The number of methoxy groups -OCH3 is 1. The van der Waals surface area contributed by atoms with Crippen molar-refractivity contribution in [3.8, 4) is 0 Å². The Morgan fingerprint density at radius 1 is 1.38 bits per heavy atom. The number of carbonyl (C=O) groups is 1. The van der Waals surface area contributed by atoms with Crippen molar-refractivity contribution < 1.29 is 9.53 Å². The van der Waals surface area contributed by atoms with Crippen molar-refractivity contribution >= 4 is 22.9 Å². The third-order valence-electron chi connectivity index (χ3n) is 4.13. The van der Waals surface area contributed by atoms with Gasteiger partial charge in [0.25, 0.3) is 5.91 Å². The summed E-state index contributed by atoms with van der Waals surface area (Å²) in [5.41, 5.74) is 1.92. The van der Waals surface area contributed by atoms with Gasteiger partial charge in [0.15, 0.2) is 0 Å². The molecule has 2 aromatic rings. The predicted molar refractivity (Wildman–Crippen MR) is 94.3 cm³/mol. The van der Waals surface area contributed by atoms with Crippen LogP contribution in [0.4, 0.5) is 5.69 Å². The van der Waals surface area contributed by atoms with Crippen molar-refractivity contribution in [1.82, 2.24) is 15.1 Å². The Balaban J connectivity index is 1.58. The van der Waals surface area contributed by atoms with Gasteiger partial charge in [-0.3, -0.25) is 9.69 Å². The Kier molecular flexibility index (Phi) is 5.55. The number of carbonyl (C=O) groups excluding carboxylic acids is 1. The number of nitrogens with zero attached hydrogens (tertiary/aromatic N) is 3. The molecular formula is C17H22N4O2S. The molecule has 6 nitrogen and oxygen atoms in total. The maximum Gasteiger partial charge on any atom is 0.286 e. The number of nitrogens with one attached hydrogen (secondary N) is 1. The van der Waals surface area contributed by atoms with E-state index >= 15 is 0 Å². The molecule has 1 aliphatic rings. The highest BCUT2D eigenvalue weighted by molar-refractivity contribution is 7.13. The molecule has 0 spiro atoms. The van der Waals surface area contributed by atoms with E-state index in [1.807, 2.05) is 31.2 Å². The smallest absolute Gasteiger partial charge is 0.286 e. The first-order chi connectivity index (χ1) is 11.6. The second-order valence-electron chi connectivity index (χ2n) is 6.06. The van der Waals surface area contributed by atoms with E-state index in [9.17, 15) is 4.79 Å². The summed E-state index contributed by atoms with van der Waals surface area (Å²) in [5.74, 6) is -0.212. The van der Waals surface area contributed by atoms with Gasteiger partial charge in [0.1, 0.15) is 5.01 Å². The molecule has 1 aromatic heterocycles. The Bertz CT molecular complexity index is 686. The number of rotatable bonds is 5. The van der Waals surface area contributed by atoms with Crippen LogP contribution in [0.25, 0.3) is 0 Å². The summed E-state index contributed by atoms with van der Waals surface area (Å²) in [4.78, 5) is 14.6. The molecule has 2 heterocycles. The number of benzene rings is 1. The second kappa shape index (κ2) is 7.83. The van der Waals surface area contributed by atoms with Crippen LogP contribution in [0.1, 0.15) is 33.2 Å². The maximum atomic E-state index is 12.3. The van der Waals surface area contributed by atoms with E-state index in [0.717, 1.165) is 48.7 Å². The molecule has 7 heteroatoms. The van der Waals surface area contributed by atoms with Crippen LogP contribution < -0.4 is 5.32 Å². The zero-order chi connectivity index (χ0) is 16.9. The maximum absolute atomic E-state index is 12.3. The van der Waals surface area contributed by atoms with Crippen LogP contribution in [0.2, 0.25) is 0 Å². The van der Waals surface area contributed by atoms with Crippen LogP contribution in [0.3, 0.4) is 0 Å². The molecule has 1 aliphatic heterocycles. The largest absolute Gasteiger partial charge is 0.380 e. The van der Waals surface area contributed by atoms with Crippen molar-refractivity contribution in [3.63, 3.8) is 0 Å². The Morgan fingerprint density at radius 2 is 2.17 bits per heavy atom. The molecule has 1 N–H and O–H groups in total. The number of anilines is 1. The molecule has 1 aromatic carbocycles. The molecule has 3 rings (SSSR count). The molecule has 0 saturated carbocycles. The summed E-state index contributed by atoms with van der Waals surface area (Å²) in [7, 11) is 1.76. The van der Waals surface area contributed by atoms with E-state index in [0.29, 0.717) is 5.01 Å². The minimum absolute atomic E-state index is 0.212. The van der Waals surface area contributed by atoms with Gasteiger partial charge < -0.3 is 10.1 Å². The molecule has 0 aliphatic carbocycles. The first-order valence-corrected chi connectivity index (χ1v) is 8.91. The van der Waals surface area contributed by atoms with Crippen LogP contribution in [0, 0.1) is 6.92 Å². The molecule has 0 unspecified atom stereocenters. The molecule has 1 saturated heterocycles. The monoisotopic (exact) mass is 346 g/mol. The molecule has 24 heavy (non-hydrogen) atoms. The highest BCUT2D eigenvalue weighted by atomic mass is 32.1. The van der Waals surface area contributed by atoms with E-state index in [2.05, 4.69) is 20.4 Å². The molecule has 128 valence electrons. The summed E-state index contributed by atoms with van der Waals surface area (Å²) in [6, 6.07) is 7.69. The molecular weight excluding hydrogens is 324 g/mol. The third-order valence-corrected chi connectivity index (χ3v) is 5.03. The van der Waals surface area contributed by atoms with Crippen LogP contribution in [0.5, 0.6) is 0 Å². The summed E-state index contributed by atoms with van der Waals surface area (Å²) in [5, 5.41) is 12.3. The van der Waals surface area contributed by atoms with Crippen LogP contribution in [0.15, 0.2) is 24.3 Å². The van der Waals surface area contributed by atoms with E-state index in [1.165, 1.54) is 11.3 Å². The van der Waals surface area contributed by atoms with Crippen molar-refractivity contribution in [1.29, 1.82) is 0 Å². The van der Waals surface area contributed by atoms with Gasteiger partial charge in [-0.05, 0) is 38.4 Å². The topological polar surface area (TPSA) is 67.3 Å². The van der Waals surface area contributed by atoms with Gasteiger partial charge >= 0.3 is 0 Å². The van der Waals surface area contributed by atoms with E-state index in [-0.39, 0.29) is 12.0 Å². The van der Waals surface area contributed by atoms with Crippen LogP contribution in [-0.4, -0.2) is 47.3 Å². The SMILES string of the molecule is CO[C@H]1CCCN(Cc2nnc(C(=O)Nc3ccc(C)cc3)s2)C1. The molecule has 1 atom stereocenters. The minimum atomic E-state index is -0.212. The fourth-order valence-corrected chi connectivity index (χ4v) is 3.55. The number of piperidine rings is 1. The molecule has 1 amide bonds. The van der Waals surface area contributed by atoms with E-state index < -0.39 is 0 Å². The lowest BCUT2D eigenvalue weighted by Crippen LogP contribution is -2.38. The number of amides is 1. The first-order valence-electron chi connectivity index (χ1n) is 8.09. The Labute approximate surface area is 145 Å². The highest BCUT2D eigenvalue weighted by Gasteiger charge is 2.21. The van der Waals surface area contributed by atoms with Crippen LogP contribution >= 0.6 is 11.3 Å². The third kappa shape index (κ3) is 4.37. The van der Waals surface area contributed by atoms with Gasteiger partial charge in [-0.2, -0.15) is 0 Å². The summed E-state index contributed by atoms with van der Waals surface area (Å²) in [6.45, 7) is 4.66. The number of aryl methyl sites for hydroxylation is 1. The van der Waals surface area contributed by atoms with Gasteiger partial charge in [0.2, 0.25) is 5.01 Å². The molecule has 1 fully saturated rings. The minimum Gasteiger partial charge on any atom is -0.380 e. The second-order valence-corrected chi connectivity index (χ2v) is 7.12. The molecule has 0 radical (unpaired) electrons. The number of likely N-dealkylation sites (tertiary alicyclic amines) is 1. The first kappa shape index (κ1) is 17.0. The lowest BCUT2D eigenvalue weighted by atomic mass is 10.1. The zero-order valence-electron chi connectivity index (χ0n) is 14.0. The van der Waals surface area contributed by atoms with Crippen molar-refractivity contribution in [3.05, 3.63) is 39.8 Å². The molecule has 0 bridgehead atoms. The Hall–Kier alpha value is -1.83.